The zero-order valence-corrected chi connectivity index (χ0v) is 14.1. The number of hydrogen-bond donors (Lipinski definition) is 1. The molecule has 23 heavy (non-hydrogen) atoms. The molecular formula is C18H16Cl2N2O. The molecule has 0 bridgehead atoms. The molecule has 0 saturated heterocycles. The molecule has 0 aliphatic heterocycles. The van der Waals surface area contributed by atoms with Gasteiger partial charge in [0.05, 0.1) is 12.7 Å². The molecule has 0 radical (unpaired) electrons. The second-order valence-corrected chi connectivity index (χ2v) is 6.09. The van der Waals surface area contributed by atoms with E-state index in [2.05, 4.69) is 17.2 Å². The molecule has 0 spiro atoms. The lowest BCUT2D eigenvalue weighted by atomic mass is 10.1. The van der Waals surface area contributed by atoms with E-state index in [0.29, 0.717) is 17.5 Å². The van der Waals surface area contributed by atoms with Crippen LogP contribution in [0.2, 0.25) is 10.0 Å². The molecule has 5 heteroatoms. The summed E-state index contributed by atoms with van der Waals surface area (Å²) in [6.45, 7) is 2.59. The Morgan fingerprint density at radius 2 is 1.83 bits per heavy atom. The second kappa shape index (κ2) is 7.18. The SMILES string of the molecule is CC(NCc1ncc(-c2ccc(Cl)cc2)o1)c1ccccc1Cl. The summed E-state index contributed by atoms with van der Waals surface area (Å²) in [6.07, 6.45) is 1.72. The van der Waals surface area contributed by atoms with Crippen molar-refractivity contribution in [3.05, 3.63) is 76.2 Å². The van der Waals surface area contributed by atoms with Gasteiger partial charge in [-0.15, -0.1) is 0 Å². The largest absolute Gasteiger partial charge is 0.439 e. The molecular weight excluding hydrogens is 331 g/mol. The van der Waals surface area contributed by atoms with E-state index in [0.717, 1.165) is 21.9 Å². The molecule has 3 rings (SSSR count). The number of rotatable bonds is 5. The van der Waals surface area contributed by atoms with Crippen molar-refractivity contribution in [2.75, 3.05) is 0 Å². The number of halogens is 2. The van der Waals surface area contributed by atoms with Crippen molar-refractivity contribution in [2.45, 2.75) is 19.5 Å². The van der Waals surface area contributed by atoms with E-state index in [1.165, 1.54) is 0 Å². The van der Waals surface area contributed by atoms with Crippen LogP contribution in [0.4, 0.5) is 0 Å². The molecule has 1 atom stereocenters. The quantitative estimate of drug-likeness (QED) is 0.662. The van der Waals surface area contributed by atoms with Crippen LogP contribution in [0.15, 0.2) is 59.1 Å². The smallest absolute Gasteiger partial charge is 0.208 e. The van der Waals surface area contributed by atoms with Gasteiger partial charge in [0.15, 0.2) is 5.76 Å². The van der Waals surface area contributed by atoms with E-state index in [-0.39, 0.29) is 6.04 Å². The number of nitrogens with one attached hydrogen (secondary N) is 1. The third-order valence-electron chi connectivity index (χ3n) is 3.61. The van der Waals surface area contributed by atoms with E-state index in [4.69, 9.17) is 27.6 Å². The summed E-state index contributed by atoms with van der Waals surface area (Å²) in [5, 5.41) is 4.82. The third-order valence-corrected chi connectivity index (χ3v) is 4.21. The molecule has 0 fully saturated rings. The van der Waals surface area contributed by atoms with Gasteiger partial charge in [0.2, 0.25) is 5.89 Å². The Hall–Kier alpha value is -1.81. The first-order valence-corrected chi connectivity index (χ1v) is 8.07. The van der Waals surface area contributed by atoms with Gasteiger partial charge in [-0.2, -0.15) is 0 Å². The predicted octanol–water partition coefficient (Wildman–Crippen LogP) is 5.50. The number of oxazole rings is 1. The highest BCUT2D eigenvalue weighted by Gasteiger charge is 2.11. The average molecular weight is 347 g/mol. The zero-order chi connectivity index (χ0) is 16.2. The molecule has 0 aliphatic rings. The molecule has 118 valence electrons. The van der Waals surface area contributed by atoms with Gasteiger partial charge in [-0.3, -0.25) is 0 Å². The average Bonchev–Trinajstić information content (AvgIpc) is 3.03. The summed E-state index contributed by atoms with van der Waals surface area (Å²) in [5.41, 5.74) is 2.01. The third kappa shape index (κ3) is 3.94. The van der Waals surface area contributed by atoms with E-state index >= 15 is 0 Å². The Labute approximate surface area is 145 Å². The standard InChI is InChI=1S/C18H16Cl2N2O/c1-12(15-4-2-3-5-16(15)20)21-11-18-22-10-17(23-18)13-6-8-14(19)9-7-13/h2-10,12,21H,11H2,1H3. The molecule has 1 N–H and O–H groups in total. The van der Waals surface area contributed by atoms with Crippen molar-refractivity contribution in [1.29, 1.82) is 0 Å². The Morgan fingerprint density at radius 1 is 1.09 bits per heavy atom. The Morgan fingerprint density at radius 3 is 2.57 bits per heavy atom. The van der Waals surface area contributed by atoms with Crippen molar-refractivity contribution in [3.8, 4) is 11.3 Å². The lowest BCUT2D eigenvalue weighted by Gasteiger charge is -2.14. The van der Waals surface area contributed by atoms with Crippen LogP contribution in [-0.2, 0) is 6.54 Å². The number of aromatic nitrogens is 1. The summed E-state index contributed by atoms with van der Waals surface area (Å²) in [5.74, 6) is 1.36. The maximum absolute atomic E-state index is 6.21. The lowest BCUT2D eigenvalue weighted by molar-refractivity contribution is 0.454. The second-order valence-electron chi connectivity index (χ2n) is 5.25. The summed E-state index contributed by atoms with van der Waals surface area (Å²) in [7, 11) is 0. The predicted molar refractivity (Wildman–Crippen MR) is 93.7 cm³/mol. The highest BCUT2D eigenvalue weighted by molar-refractivity contribution is 6.31. The normalized spacial score (nSPS) is 12.3. The van der Waals surface area contributed by atoms with Gasteiger partial charge in [0, 0.05) is 21.7 Å². The van der Waals surface area contributed by atoms with E-state index in [9.17, 15) is 0 Å². The van der Waals surface area contributed by atoms with E-state index in [1.807, 2.05) is 48.5 Å². The minimum atomic E-state index is 0.106. The fraction of sp³-hybridized carbons (Fsp3) is 0.167. The zero-order valence-electron chi connectivity index (χ0n) is 12.6. The van der Waals surface area contributed by atoms with Crippen molar-refractivity contribution < 1.29 is 4.42 Å². The maximum atomic E-state index is 6.21. The summed E-state index contributed by atoms with van der Waals surface area (Å²) in [4.78, 5) is 4.31. The molecule has 3 aromatic rings. The molecule has 0 amide bonds. The van der Waals surface area contributed by atoms with Crippen LogP contribution in [-0.4, -0.2) is 4.98 Å². The highest BCUT2D eigenvalue weighted by atomic mass is 35.5. The number of hydrogen-bond acceptors (Lipinski definition) is 3. The van der Waals surface area contributed by atoms with Crippen LogP contribution in [0.3, 0.4) is 0 Å². The molecule has 1 aromatic heterocycles. The topological polar surface area (TPSA) is 38.1 Å². The molecule has 2 aromatic carbocycles. The maximum Gasteiger partial charge on any atom is 0.208 e. The van der Waals surface area contributed by atoms with Crippen LogP contribution < -0.4 is 5.32 Å². The first-order chi connectivity index (χ1) is 11.1. The van der Waals surface area contributed by atoms with E-state index < -0.39 is 0 Å². The minimum absolute atomic E-state index is 0.106. The van der Waals surface area contributed by atoms with Gasteiger partial charge in [0.25, 0.3) is 0 Å². The Bertz CT molecular complexity index is 784. The molecule has 1 unspecified atom stereocenters. The molecule has 1 heterocycles. The fourth-order valence-corrected chi connectivity index (χ4v) is 2.74. The van der Waals surface area contributed by atoms with Gasteiger partial charge in [-0.1, -0.05) is 41.4 Å². The summed E-state index contributed by atoms with van der Waals surface area (Å²) in [6, 6.07) is 15.4. The van der Waals surface area contributed by atoms with Gasteiger partial charge in [-0.25, -0.2) is 4.98 Å². The minimum Gasteiger partial charge on any atom is -0.439 e. The fourth-order valence-electron chi connectivity index (χ4n) is 2.32. The Kier molecular flexibility index (Phi) is 5.01. The first kappa shape index (κ1) is 16.1. The Balaban J connectivity index is 1.65. The van der Waals surface area contributed by atoms with Gasteiger partial charge in [-0.05, 0) is 42.8 Å². The van der Waals surface area contributed by atoms with Crippen LogP contribution in [0, 0.1) is 0 Å². The van der Waals surface area contributed by atoms with Crippen molar-refractivity contribution in [1.82, 2.24) is 10.3 Å². The van der Waals surface area contributed by atoms with Crippen LogP contribution in [0.5, 0.6) is 0 Å². The van der Waals surface area contributed by atoms with Crippen molar-refractivity contribution in [2.24, 2.45) is 0 Å². The molecule has 0 aliphatic carbocycles. The number of nitrogens with zero attached hydrogens (tertiary/aromatic N) is 1. The van der Waals surface area contributed by atoms with Gasteiger partial charge >= 0.3 is 0 Å². The van der Waals surface area contributed by atoms with E-state index in [1.54, 1.807) is 6.20 Å². The van der Waals surface area contributed by atoms with Crippen LogP contribution >= 0.6 is 23.2 Å². The monoisotopic (exact) mass is 346 g/mol. The number of benzene rings is 2. The van der Waals surface area contributed by atoms with Crippen molar-refractivity contribution in [3.63, 3.8) is 0 Å². The summed E-state index contributed by atoms with van der Waals surface area (Å²) >= 11 is 12.1. The summed E-state index contributed by atoms with van der Waals surface area (Å²) < 4.78 is 5.78. The molecule has 0 saturated carbocycles. The van der Waals surface area contributed by atoms with Crippen LogP contribution in [0.1, 0.15) is 24.4 Å². The lowest BCUT2D eigenvalue weighted by Crippen LogP contribution is -2.18. The molecule has 3 nitrogen and oxygen atoms in total. The first-order valence-electron chi connectivity index (χ1n) is 7.32. The highest BCUT2D eigenvalue weighted by Crippen LogP contribution is 2.24. The van der Waals surface area contributed by atoms with Gasteiger partial charge < -0.3 is 9.73 Å². The van der Waals surface area contributed by atoms with Crippen molar-refractivity contribution >= 4 is 23.2 Å². The van der Waals surface area contributed by atoms with Crippen LogP contribution in [0.25, 0.3) is 11.3 Å². The van der Waals surface area contributed by atoms with Gasteiger partial charge in [0.1, 0.15) is 0 Å².